The van der Waals surface area contributed by atoms with Crippen LogP contribution in [0.2, 0.25) is 0 Å². The van der Waals surface area contributed by atoms with E-state index in [0.29, 0.717) is 12.4 Å². The van der Waals surface area contributed by atoms with E-state index in [-0.39, 0.29) is 5.91 Å². The molecule has 0 aromatic heterocycles. The van der Waals surface area contributed by atoms with Crippen LogP contribution in [0.25, 0.3) is 0 Å². The molecule has 0 saturated heterocycles. The van der Waals surface area contributed by atoms with E-state index in [2.05, 4.69) is 10.5 Å². The Hall–Kier alpha value is -2.27. The highest BCUT2D eigenvalue weighted by molar-refractivity contribution is 8.00. The van der Waals surface area contributed by atoms with Gasteiger partial charge in [-0.25, -0.2) is 5.43 Å². The number of carbonyl (C=O) groups is 1. The number of amides is 1. The highest BCUT2D eigenvalue weighted by atomic mass is 32.2. The first-order chi connectivity index (χ1) is 11.6. The van der Waals surface area contributed by atoms with Gasteiger partial charge in [-0.2, -0.15) is 5.10 Å². The number of thioether (sulfide) groups is 1. The number of hydrazone groups is 1. The van der Waals surface area contributed by atoms with Crippen molar-refractivity contribution >= 4 is 23.4 Å². The van der Waals surface area contributed by atoms with Crippen molar-refractivity contribution in [2.75, 3.05) is 12.4 Å². The van der Waals surface area contributed by atoms with Gasteiger partial charge in [0.25, 0.3) is 0 Å². The molecule has 0 aliphatic carbocycles. The van der Waals surface area contributed by atoms with Crippen LogP contribution in [0, 0.1) is 6.92 Å². The maximum atomic E-state index is 11.9. The summed E-state index contributed by atoms with van der Waals surface area (Å²) in [6, 6.07) is 15.8. The van der Waals surface area contributed by atoms with E-state index in [1.54, 1.807) is 0 Å². The molecule has 0 aliphatic rings. The normalized spacial score (nSPS) is 11.2. The summed E-state index contributed by atoms with van der Waals surface area (Å²) in [5.74, 6) is 1.04. The lowest BCUT2D eigenvalue weighted by Crippen LogP contribution is -2.21. The Morgan fingerprint density at radius 1 is 1.12 bits per heavy atom. The topological polar surface area (TPSA) is 50.7 Å². The summed E-state index contributed by atoms with van der Waals surface area (Å²) in [5.41, 5.74) is 5.51. The van der Waals surface area contributed by atoms with E-state index in [1.165, 1.54) is 17.3 Å². The van der Waals surface area contributed by atoms with Crippen molar-refractivity contribution in [2.24, 2.45) is 5.10 Å². The van der Waals surface area contributed by atoms with E-state index in [4.69, 9.17) is 4.74 Å². The number of nitrogens with zero attached hydrogens (tertiary/aromatic N) is 1. The molecule has 0 radical (unpaired) electrons. The molecule has 5 heteroatoms. The van der Waals surface area contributed by atoms with Crippen LogP contribution in [-0.2, 0) is 4.79 Å². The molecule has 0 atom stereocenters. The van der Waals surface area contributed by atoms with Gasteiger partial charge in [-0.1, -0.05) is 17.7 Å². The second-order valence-electron chi connectivity index (χ2n) is 5.29. The first-order valence-corrected chi connectivity index (χ1v) is 8.83. The molecule has 0 fully saturated rings. The Labute approximate surface area is 147 Å². The number of benzene rings is 2. The van der Waals surface area contributed by atoms with E-state index < -0.39 is 0 Å². The average Bonchev–Trinajstić information content (AvgIpc) is 2.60. The molecule has 24 heavy (non-hydrogen) atoms. The van der Waals surface area contributed by atoms with Crippen molar-refractivity contribution in [3.8, 4) is 5.75 Å². The van der Waals surface area contributed by atoms with Gasteiger partial charge in [0.05, 0.1) is 18.1 Å². The molecule has 1 N–H and O–H groups in total. The Morgan fingerprint density at radius 3 is 2.42 bits per heavy atom. The second kappa shape index (κ2) is 9.13. The molecule has 0 bridgehead atoms. The lowest BCUT2D eigenvalue weighted by molar-refractivity contribution is -0.118. The van der Waals surface area contributed by atoms with E-state index in [9.17, 15) is 4.79 Å². The fraction of sp³-hybridized carbons (Fsp3) is 0.263. The number of carbonyl (C=O) groups excluding carboxylic acids is 1. The van der Waals surface area contributed by atoms with Gasteiger partial charge in [0.2, 0.25) is 5.91 Å². The summed E-state index contributed by atoms with van der Waals surface area (Å²) in [4.78, 5) is 13.0. The van der Waals surface area contributed by atoms with Crippen molar-refractivity contribution in [2.45, 2.75) is 25.7 Å². The smallest absolute Gasteiger partial charge is 0.250 e. The number of aryl methyl sites for hydroxylation is 1. The maximum absolute atomic E-state index is 11.9. The predicted molar refractivity (Wildman–Crippen MR) is 99.9 cm³/mol. The summed E-state index contributed by atoms with van der Waals surface area (Å²) in [6.07, 6.45) is 0. The molecule has 1 amide bonds. The van der Waals surface area contributed by atoms with Crippen molar-refractivity contribution in [1.82, 2.24) is 5.43 Å². The molecule has 0 saturated carbocycles. The zero-order valence-electron chi connectivity index (χ0n) is 14.2. The van der Waals surface area contributed by atoms with Crippen LogP contribution in [-0.4, -0.2) is 24.0 Å². The van der Waals surface area contributed by atoms with Gasteiger partial charge in [-0.05, 0) is 62.7 Å². The van der Waals surface area contributed by atoms with Crippen molar-refractivity contribution in [3.05, 3.63) is 59.7 Å². The molecular formula is C19H22N2O2S. The zero-order valence-corrected chi connectivity index (χ0v) is 15.0. The van der Waals surface area contributed by atoms with Crippen LogP contribution in [0.15, 0.2) is 58.5 Å². The van der Waals surface area contributed by atoms with Gasteiger partial charge in [-0.15, -0.1) is 11.8 Å². The lowest BCUT2D eigenvalue weighted by Gasteiger charge is -2.05. The molecule has 0 heterocycles. The van der Waals surface area contributed by atoms with Gasteiger partial charge in [0.15, 0.2) is 0 Å². The summed E-state index contributed by atoms with van der Waals surface area (Å²) in [6.45, 7) is 6.49. The third-order valence-corrected chi connectivity index (χ3v) is 4.33. The first kappa shape index (κ1) is 18.1. The summed E-state index contributed by atoms with van der Waals surface area (Å²) in [7, 11) is 0. The highest BCUT2D eigenvalue weighted by Crippen LogP contribution is 2.17. The van der Waals surface area contributed by atoms with Crippen LogP contribution in [0.4, 0.5) is 0 Å². The fourth-order valence-electron chi connectivity index (χ4n) is 1.99. The number of nitrogens with one attached hydrogen (secondary N) is 1. The Balaban J connectivity index is 1.84. The van der Waals surface area contributed by atoms with E-state index in [0.717, 1.165) is 21.9 Å². The second-order valence-corrected chi connectivity index (χ2v) is 6.34. The van der Waals surface area contributed by atoms with Gasteiger partial charge < -0.3 is 4.74 Å². The number of hydrogen-bond donors (Lipinski definition) is 1. The van der Waals surface area contributed by atoms with Gasteiger partial charge in [-0.3, -0.25) is 4.79 Å². The summed E-state index contributed by atoms with van der Waals surface area (Å²) < 4.78 is 5.41. The maximum Gasteiger partial charge on any atom is 0.250 e. The number of hydrogen-bond acceptors (Lipinski definition) is 4. The first-order valence-electron chi connectivity index (χ1n) is 7.84. The Kier molecular flexibility index (Phi) is 6.88. The Morgan fingerprint density at radius 2 is 1.79 bits per heavy atom. The van der Waals surface area contributed by atoms with Crippen molar-refractivity contribution in [3.63, 3.8) is 0 Å². The molecule has 2 aromatic carbocycles. The van der Waals surface area contributed by atoms with E-state index in [1.807, 2.05) is 69.3 Å². The molecule has 2 rings (SSSR count). The lowest BCUT2D eigenvalue weighted by atomic mass is 10.1. The molecule has 126 valence electrons. The fourth-order valence-corrected chi connectivity index (χ4v) is 2.68. The van der Waals surface area contributed by atoms with Crippen LogP contribution >= 0.6 is 11.8 Å². The van der Waals surface area contributed by atoms with Gasteiger partial charge >= 0.3 is 0 Å². The minimum atomic E-state index is -0.120. The van der Waals surface area contributed by atoms with Crippen LogP contribution in [0.3, 0.4) is 0 Å². The zero-order chi connectivity index (χ0) is 17.4. The SMILES string of the molecule is CCOc1ccc(/C(C)=N\NC(=O)CSc2ccc(C)cc2)cc1. The minimum Gasteiger partial charge on any atom is -0.494 e. The van der Waals surface area contributed by atoms with Crippen molar-refractivity contribution < 1.29 is 9.53 Å². The largest absolute Gasteiger partial charge is 0.494 e. The molecule has 0 spiro atoms. The van der Waals surface area contributed by atoms with Gasteiger partial charge in [0.1, 0.15) is 5.75 Å². The third kappa shape index (κ3) is 5.74. The number of ether oxygens (including phenoxy) is 1. The van der Waals surface area contributed by atoms with Crippen molar-refractivity contribution in [1.29, 1.82) is 0 Å². The van der Waals surface area contributed by atoms with Crippen LogP contribution < -0.4 is 10.2 Å². The van der Waals surface area contributed by atoms with Gasteiger partial charge in [0, 0.05) is 4.90 Å². The average molecular weight is 342 g/mol. The van der Waals surface area contributed by atoms with E-state index >= 15 is 0 Å². The van der Waals surface area contributed by atoms with Crippen LogP contribution in [0.5, 0.6) is 5.75 Å². The quantitative estimate of drug-likeness (QED) is 0.470. The summed E-state index contributed by atoms with van der Waals surface area (Å²) >= 11 is 1.49. The standard InChI is InChI=1S/C19H22N2O2S/c1-4-23-17-9-7-16(8-10-17)15(3)20-21-19(22)13-24-18-11-5-14(2)6-12-18/h5-12H,4,13H2,1-3H3,(H,21,22)/b20-15-. The third-order valence-electron chi connectivity index (χ3n) is 3.32. The molecular weight excluding hydrogens is 320 g/mol. The molecule has 4 nitrogen and oxygen atoms in total. The molecule has 0 aliphatic heterocycles. The Bertz CT molecular complexity index is 694. The molecule has 2 aromatic rings. The predicted octanol–water partition coefficient (Wildman–Crippen LogP) is 4.03. The van der Waals surface area contributed by atoms with Crippen LogP contribution in [0.1, 0.15) is 25.0 Å². The highest BCUT2D eigenvalue weighted by Gasteiger charge is 2.03. The monoisotopic (exact) mass is 342 g/mol. The minimum absolute atomic E-state index is 0.120. The number of rotatable bonds is 7. The summed E-state index contributed by atoms with van der Waals surface area (Å²) in [5, 5.41) is 4.16. The molecule has 0 unspecified atom stereocenters.